The number of halogens is 1. The van der Waals surface area contributed by atoms with Crippen molar-refractivity contribution in [3.05, 3.63) is 77.1 Å². The molecule has 0 aromatic heterocycles. The summed E-state index contributed by atoms with van der Waals surface area (Å²) < 4.78 is 13.1. The van der Waals surface area contributed by atoms with E-state index in [9.17, 15) is 9.18 Å². The second-order valence-corrected chi connectivity index (χ2v) is 3.91. The molecule has 0 spiro atoms. The molecule has 2 aromatic rings. The largest absolute Gasteiger partial charge is 0.289 e. The monoisotopic (exact) mass is 251 g/mol. The van der Waals surface area contributed by atoms with E-state index in [1.54, 1.807) is 12.1 Å². The van der Waals surface area contributed by atoms with Crippen molar-refractivity contribution in [3.63, 3.8) is 0 Å². The van der Waals surface area contributed by atoms with Gasteiger partial charge in [0, 0.05) is 5.56 Å². The molecule has 0 atom stereocenters. The lowest BCUT2D eigenvalue weighted by atomic mass is 10.1. The van der Waals surface area contributed by atoms with Gasteiger partial charge in [0.2, 0.25) is 0 Å². The third-order valence-corrected chi connectivity index (χ3v) is 2.60. The van der Waals surface area contributed by atoms with Crippen molar-refractivity contribution < 1.29 is 9.18 Å². The molecule has 0 aliphatic heterocycles. The molecule has 0 bridgehead atoms. The molecule has 92 valence electrons. The van der Waals surface area contributed by atoms with Crippen LogP contribution in [0.1, 0.15) is 21.5 Å². The molecular weight excluding hydrogens is 241 g/mol. The normalized spacial score (nSPS) is 10.3. The first-order valence-electron chi connectivity index (χ1n) is 5.68. The topological polar surface area (TPSA) is 40.9 Å². The number of allylic oxidation sites excluding steroid dienone is 1. The summed E-state index contributed by atoms with van der Waals surface area (Å²) >= 11 is 0. The summed E-state index contributed by atoms with van der Waals surface area (Å²) in [5.74, 6) is -0.883. The number of carbonyl (C=O) groups excluding carboxylic acids is 1. The van der Waals surface area contributed by atoms with Crippen LogP contribution in [0.5, 0.6) is 0 Å². The number of ketones is 1. The van der Waals surface area contributed by atoms with Crippen LogP contribution in [0.2, 0.25) is 0 Å². The fourth-order valence-electron chi connectivity index (χ4n) is 1.60. The van der Waals surface area contributed by atoms with Crippen LogP contribution in [0, 0.1) is 17.1 Å². The van der Waals surface area contributed by atoms with Gasteiger partial charge in [-0.3, -0.25) is 4.79 Å². The fourth-order valence-corrected chi connectivity index (χ4v) is 1.60. The average molecular weight is 251 g/mol. The van der Waals surface area contributed by atoms with E-state index in [0.29, 0.717) is 5.56 Å². The zero-order chi connectivity index (χ0) is 13.7. The van der Waals surface area contributed by atoms with Crippen LogP contribution in [-0.2, 0) is 0 Å². The highest BCUT2D eigenvalue weighted by Crippen LogP contribution is 2.11. The SMILES string of the molecule is N#Cc1cc(C(=O)/C=C/c2ccccc2)ccc1F. The van der Waals surface area contributed by atoms with Gasteiger partial charge >= 0.3 is 0 Å². The Labute approximate surface area is 110 Å². The Kier molecular flexibility index (Phi) is 3.84. The summed E-state index contributed by atoms with van der Waals surface area (Å²) in [6.45, 7) is 0. The minimum atomic E-state index is -0.619. The van der Waals surface area contributed by atoms with Gasteiger partial charge in [-0.1, -0.05) is 36.4 Å². The minimum Gasteiger partial charge on any atom is -0.289 e. The van der Waals surface area contributed by atoms with Gasteiger partial charge in [0.25, 0.3) is 0 Å². The van der Waals surface area contributed by atoms with Gasteiger partial charge in [0.05, 0.1) is 5.56 Å². The van der Waals surface area contributed by atoms with E-state index in [-0.39, 0.29) is 11.3 Å². The lowest BCUT2D eigenvalue weighted by Gasteiger charge is -1.98. The first-order chi connectivity index (χ1) is 9.20. The zero-order valence-electron chi connectivity index (χ0n) is 10.0. The van der Waals surface area contributed by atoms with Crippen molar-refractivity contribution >= 4 is 11.9 Å². The van der Waals surface area contributed by atoms with Crippen LogP contribution < -0.4 is 0 Å². The van der Waals surface area contributed by atoms with Gasteiger partial charge in [0.15, 0.2) is 5.78 Å². The number of nitriles is 1. The van der Waals surface area contributed by atoms with Gasteiger partial charge in [-0.15, -0.1) is 0 Å². The van der Waals surface area contributed by atoms with Crippen LogP contribution in [0.15, 0.2) is 54.6 Å². The van der Waals surface area contributed by atoms with Gasteiger partial charge in [-0.25, -0.2) is 4.39 Å². The summed E-state index contributed by atoms with van der Waals surface area (Å²) in [4.78, 5) is 11.9. The molecule has 0 radical (unpaired) electrons. The molecular formula is C16H10FNO. The Bertz CT molecular complexity index is 669. The molecule has 0 fully saturated rings. The van der Waals surface area contributed by atoms with E-state index in [0.717, 1.165) is 11.6 Å². The Morgan fingerprint density at radius 3 is 2.58 bits per heavy atom. The summed E-state index contributed by atoms with van der Waals surface area (Å²) in [5.41, 5.74) is 1.07. The molecule has 0 N–H and O–H groups in total. The van der Waals surface area contributed by atoms with Gasteiger partial charge in [0.1, 0.15) is 11.9 Å². The third-order valence-electron chi connectivity index (χ3n) is 2.60. The van der Waals surface area contributed by atoms with Crippen molar-refractivity contribution in [2.45, 2.75) is 0 Å². The van der Waals surface area contributed by atoms with Crippen molar-refractivity contribution in [2.75, 3.05) is 0 Å². The summed E-state index contributed by atoms with van der Waals surface area (Å²) in [6.07, 6.45) is 3.08. The second-order valence-electron chi connectivity index (χ2n) is 3.91. The highest BCUT2D eigenvalue weighted by atomic mass is 19.1. The van der Waals surface area contributed by atoms with Gasteiger partial charge in [-0.2, -0.15) is 5.26 Å². The summed E-state index contributed by atoms with van der Waals surface area (Å²) in [7, 11) is 0. The Morgan fingerprint density at radius 1 is 1.16 bits per heavy atom. The van der Waals surface area contributed by atoms with Gasteiger partial charge in [-0.05, 0) is 29.8 Å². The van der Waals surface area contributed by atoms with Crippen molar-refractivity contribution in [1.29, 1.82) is 5.26 Å². The Balaban J connectivity index is 2.22. The lowest BCUT2D eigenvalue weighted by molar-refractivity contribution is 0.104. The maximum absolute atomic E-state index is 13.1. The average Bonchev–Trinajstić information content (AvgIpc) is 2.46. The first kappa shape index (κ1) is 12.7. The standard InChI is InChI=1S/C16H10FNO/c17-15-8-7-13(10-14(15)11-18)16(19)9-6-12-4-2-1-3-5-12/h1-10H/b9-6+. The van der Waals surface area contributed by atoms with E-state index in [1.165, 1.54) is 18.2 Å². The molecule has 3 heteroatoms. The van der Waals surface area contributed by atoms with Crippen LogP contribution in [0.3, 0.4) is 0 Å². The van der Waals surface area contributed by atoms with Crippen LogP contribution in [0.25, 0.3) is 6.08 Å². The predicted octanol–water partition coefficient (Wildman–Crippen LogP) is 3.59. The van der Waals surface area contributed by atoms with Gasteiger partial charge < -0.3 is 0 Å². The van der Waals surface area contributed by atoms with E-state index in [4.69, 9.17) is 5.26 Å². The van der Waals surface area contributed by atoms with Crippen LogP contribution >= 0.6 is 0 Å². The molecule has 0 unspecified atom stereocenters. The lowest BCUT2D eigenvalue weighted by Crippen LogP contribution is -1.96. The molecule has 0 saturated heterocycles. The summed E-state index contributed by atoms with van der Waals surface area (Å²) in [5, 5.41) is 8.71. The molecule has 2 aromatic carbocycles. The Hall–Kier alpha value is -2.73. The number of hydrogen-bond donors (Lipinski definition) is 0. The number of rotatable bonds is 3. The van der Waals surface area contributed by atoms with Crippen LogP contribution in [-0.4, -0.2) is 5.78 Å². The Morgan fingerprint density at radius 2 is 1.89 bits per heavy atom. The highest BCUT2D eigenvalue weighted by Gasteiger charge is 2.06. The molecule has 2 nitrogen and oxygen atoms in total. The molecule has 0 saturated carbocycles. The second kappa shape index (κ2) is 5.74. The number of hydrogen-bond acceptors (Lipinski definition) is 2. The number of benzene rings is 2. The molecule has 0 amide bonds. The maximum Gasteiger partial charge on any atom is 0.185 e. The van der Waals surface area contributed by atoms with Crippen molar-refractivity contribution in [3.8, 4) is 6.07 Å². The quantitative estimate of drug-likeness (QED) is 0.617. The number of carbonyl (C=O) groups is 1. The predicted molar refractivity (Wildman–Crippen MR) is 70.9 cm³/mol. The molecule has 0 aliphatic rings. The third kappa shape index (κ3) is 3.14. The van der Waals surface area contributed by atoms with Crippen LogP contribution in [0.4, 0.5) is 4.39 Å². The highest BCUT2D eigenvalue weighted by molar-refractivity contribution is 6.07. The van der Waals surface area contributed by atoms with E-state index in [2.05, 4.69) is 0 Å². The molecule has 0 aliphatic carbocycles. The van der Waals surface area contributed by atoms with E-state index < -0.39 is 5.82 Å². The van der Waals surface area contributed by atoms with Crippen molar-refractivity contribution in [1.82, 2.24) is 0 Å². The first-order valence-corrected chi connectivity index (χ1v) is 5.68. The van der Waals surface area contributed by atoms with Crippen molar-refractivity contribution in [2.24, 2.45) is 0 Å². The maximum atomic E-state index is 13.1. The molecule has 19 heavy (non-hydrogen) atoms. The number of nitrogens with zero attached hydrogens (tertiary/aromatic N) is 1. The zero-order valence-corrected chi connectivity index (χ0v) is 10.0. The van der Waals surface area contributed by atoms with E-state index >= 15 is 0 Å². The smallest absolute Gasteiger partial charge is 0.185 e. The molecule has 2 rings (SSSR count). The molecule has 0 heterocycles. The summed E-state index contributed by atoms with van der Waals surface area (Å²) in [6, 6.07) is 14.8. The minimum absolute atomic E-state index is 0.126. The fraction of sp³-hybridized carbons (Fsp3) is 0. The van der Waals surface area contributed by atoms with E-state index in [1.807, 2.05) is 30.3 Å².